The number of aliphatic hydroxyl groups is 1. The van der Waals surface area contributed by atoms with Crippen molar-refractivity contribution in [1.29, 1.82) is 0 Å². The summed E-state index contributed by atoms with van der Waals surface area (Å²) in [5.41, 5.74) is 1.08. The SMILES string of the molecule is C=Cc1ncc(OCc2ccccc2)c(NC(CCO)CCCC)n1. The largest absolute Gasteiger partial charge is 0.483 e. The summed E-state index contributed by atoms with van der Waals surface area (Å²) in [5.74, 6) is 1.80. The van der Waals surface area contributed by atoms with Crippen LogP contribution in [0.1, 0.15) is 44.0 Å². The number of aromatic nitrogens is 2. The molecule has 0 bridgehead atoms. The molecule has 1 unspecified atom stereocenters. The smallest absolute Gasteiger partial charge is 0.180 e. The van der Waals surface area contributed by atoms with Gasteiger partial charge in [-0.3, -0.25) is 0 Å². The Morgan fingerprint density at radius 2 is 2.08 bits per heavy atom. The van der Waals surface area contributed by atoms with E-state index in [4.69, 9.17) is 4.74 Å². The number of benzene rings is 1. The maximum atomic E-state index is 9.32. The highest BCUT2D eigenvalue weighted by Gasteiger charge is 2.14. The van der Waals surface area contributed by atoms with E-state index in [1.807, 2.05) is 30.3 Å². The third kappa shape index (κ3) is 6.19. The fourth-order valence-electron chi connectivity index (χ4n) is 2.52. The van der Waals surface area contributed by atoms with Crippen LogP contribution >= 0.6 is 0 Å². The molecule has 1 aromatic carbocycles. The molecule has 1 aromatic heterocycles. The maximum absolute atomic E-state index is 9.32. The number of aliphatic hydroxyl groups excluding tert-OH is 1. The Morgan fingerprint density at radius 1 is 1.28 bits per heavy atom. The number of anilines is 1. The van der Waals surface area contributed by atoms with Gasteiger partial charge in [0.2, 0.25) is 0 Å². The van der Waals surface area contributed by atoms with Gasteiger partial charge in [-0.2, -0.15) is 0 Å². The lowest BCUT2D eigenvalue weighted by atomic mass is 10.1. The number of hydrogen-bond donors (Lipinski definition) is 2. The topological polar surface area (TPSA) is 67.3 Å². The van der Waals surface area contributed by atoms with Gasteiger partial charge >= 0.3 is 0 Å². The van der Waals surface area contributed by atoms with Gasteiger partial charge in [-0.05, 0) is 24.5 Å². The molecular weight excluding hydrogens is 314 g/mol. The first-order valence-electron chi connectivity index (χ1n) is 8.80. The molecule has 0 spiro atoms. The van der Waals surface area contributed by atoms with Crippen molar-refractivity contribution >= 4 is 11.9 Å². The molecule has 0 amide bonds. The first-order chi connectivity index (χ1) is 12.3. The van der Waals surface area contributed by atoms with Gasteiger partial charge in [-0.25, -0.2) is 9.97 Å². The van der Waals surface area contributed by atoms with E-state index in [0.717, 1.165) is 24.8 Å². The van der Waals surface area contributed by atoms with E-state index >= 15 is 0 Å². The van der Waals surface area contributed by atoms with E-state index in [-0.39, 0.29) is 12.6 Å². The molecule has 5 nitrogen and oxygen atoms in total. The van der Waals surface area contributed by atoms with Gasteiger partial charge < -0.3 is 15.2 Å². The van der Waals surface area contributed by atoms with Gasteiger partial charge in [0.25, 0.3) is 0 Å². The summed E-state index contributed by atoms with van der Waals surface area (Å²) in [6, 6.07) is 10.1. The van der Waals surface area contributed by atoms with Crippen molar-refractivity contribution in [3.05, 3.63) is 54.5 Å². The Morgan fingerprint density at radius 3 is 2.76 bits per heavy atom. The lowest BCUT2D eigenvalue weighted by Crippen LogP contribution is -2.22. The number of rotatable bonds is 11. The fourth-order valence-corrected chi connectivity index (χ4v) is 2.52. The van der Waals surface area contributed by atoms with Gasteiger partial charge in [-0.1, -0.05) is 56.7 Å². The van der Waals surface area contributed by atoms with Crippen molar-refractivity contribution in [2.24, 2.45) is 0 Å². The van der Waals surface area contributed by atoms with Crippen LogP contribution in [0.5, 0.6) is 5.75 Å². The van der Waals surface area contributed by atoms with E-state index < -0.39 is 0 Å². The molecule has 0 aliphatic carbocycles. The Hall–Kier alpha value is -2.40. The first kappa shape index (κ1) is 18.9. The number of nitrogens with zero attached hydrogens (tertiary/aromatic N) is 2. The van der Waals surface area contributed by atoms with E-state index in [1.54, 1.807) is 12.3 Å². The van der Waals surface area contributed by atoms with Crippen LogP contribution in [0.15, 0.2) is 43.1 Å². The van der Waals surface area contributed by atoms with E-state index in [2.05, 4.69) is 28.8 Å². The molecule has 2 aromatic rings. The molecule has 25 heavy (non-hydrogen) atoms. The van der Waals surface area contributed by atoms with Crippen LogP contribution in [0.2, 0.25) is 0 Å². The number of unbranched alkanes of at least 4 members (excludes halogenated alkanes) is 1. The van der Waals surface area contributed by atoms with Crippen LogP contribution in [-0.4, -0.2) is 27.7 Å². The first-order valence-corrected chi connectivity index (χ1v) is 8.80. The van der Waals surface area contributed by atoms with Crippen LogP contribution in [0.25, 0.3) is 6.08 Å². The molecule has 1 heterocycles. The van der Waals surface area contributed by atoms with Crippen LogP contribution in [-0.2, 0) is 6.61 Å². The lowest BCUT2D eigenvalue weighted by molar-refractivity contribution is 0.275. The molecule has 134 valence electrons. The fraction of sp³-hybridized carbons (Fsp3) is 0.400. The Bertz CT molecular complexity index is 647. The maximum Gasteiger partial charge on any atom is 0.180 e. The quantitative estimate of drug-likeness (QED) is 0.645. The summed E-state index contributed by atoms with van der Waals surface area (Å²) >= 11 is 0. The van der Waals surface area contributed by atoms with Gasteiger partial charge in [0.1, 0.15) is 6.61 Å². The van der Waals surface area contributed by atoms with Crippen LogP contribution < -0.4 is 10.1 Å². The average Bonchev–Trinajstić information content (AvgIpc) is 2.66. The molecule has 0 aliphatic heterocycles. The zero-order valence-electron chi connectivity index (χ0n) is 14.8. The molecule has 5 heteroatoms. The summed E-state index contributed by atoms with van der Waals surface area (Å²) in [5, 5.41) is 12.7. The van der Waals surface area contributed by atoms with Crippen molar-refractivity contribution in [3.8, 4) is 5.75 Å². The van der Waals surface area contributed by atoms with Gasteiger partial charge in [0.15, 0.2) is 17.4 Å². The highest BCUT2D eigenvalue weighted by atomic mass is 16.5. The molecular formula is C20H27N3O2. The normalized spacial score (nSPS) is 11.8. The highest BCUT2D eigenvalue weighted by Crippen LogP contribution is 2.24. The van der Waals surface area contributed by atoms with Crippen molar-refractivity contribution in [2.75, 3.05) is 11.9 Å². The number of ether oxygens (including phenoxy) is 1. The lowest BCUT2D eigenvalue weighted by Gasteiger charge is -2.20. The van der Waals surface area contributed by atoms with Crippen molar-refractivity contribution in [1.82, 2.24) is 9.97 Å². The van der Waals surface area contributed by atoms with Crippen LogP contribution in [0, 0.1) is 0 Å². The van der Waals surface area contributed by atoms with Gasteiger partial charge in [0, 0.05) is 12.6 Å². The number of nitrogens with one attached hydrogen (secondary N) is 1. The monoisotopic (exact) mass is 341 g/mol. The summed E-state index contributed by atoms with van der Waals surface area (Å²) in [6.07, 6.45) is 7.14. The summed E-state index contributed by atoms with van der Waals surface area (Å²) in [6.45, 7) is 6.47. The predicted octanol–water partition coefficient (Wildman–Crippen LogP) is 4.05. The third-order valence-corrected chi connectivity index (χ3v) is 3.92. The molecule has 0 radical (unpaired) electrons. The standard InChI is InChI=1S/C20H27N3O2/c1-3-5-11-17(12-13-24)22-20-18(14-21-19(4-2)23-20)25-15-16-9-7-6-8-10-16/h4,6-10,14,17,24H,2-3,5,11-13,15H2,1H3,(H,21,22,23). The highest BCUT2D eigenvalue weighted by molar-refractivity contribution is 5.52. The molecule has 0 aliphatic rings. The second kappa shape index (κ2) is 10.5. The Labute approximate surface area is 149 Å². The zero-order chi connectivity index (χ0) is 17.9. The zero-order valence-corrected chi connectivity index (χ0v) is 14.8. The van der Waals surface area contributed by atoms with Gasteiger partial charge in [-0.15, -0.1) is 0 Å². The van der Waals surface area contributed by atoms with E-state index in [0.29, 0.717) is 30.4 Å². The van der Waals surface area contributed by atoms with Crippen LogP contribution in [0.3, 0.4) is 0 Å². The van der Waals surface area contributed by atoms with Crippen molar-refractivity contribution in [3.63, 3.8) is 0 Å². The summed E-state index contributed by atoms with van der Waals surface area (Å²) < 4.78 is 5.92. The van der Waals surface area contributed by atoms with E-state index in [1.165, 1.54) is 0 Å². The molecule has 0 saturated carbocycles. The van der Waals surface area contributed by atoms with Crippen molar-refractivity contribution < 1.29 is 9.84 Å². The molecule has 0 fully saturated rings. The third-order valence-electron chi connectivity index (χ3n) is 3.92. The van der Waals surface area contributed by atoms with E-state index in [9.17, 15) is 5.11 Å². The van der Waals surface area contributed by atoms with Crippen LogP contribution in [0.4, 0.5) is 5.82 Å². The molecule has 0 saturated heterocycles. The molecule has 1 atom stereocenters. The summed E-state index contributed by atoms with van der Waals surface area (Å²) in [7, 11) is 0. The second-order valence-electron chi connectivity index (χ2n) is 5.92. The predicted molar refractivity (Wildman–Crippen MR) is 102 cm³/mol. The number of hydrogen-bond acceptors (Lipinski definition) is 5. The molecule has 2 N–H and O–H groups in total. The minimum Gasteiger partial charge on any atom is -0.483 e. The summed E-state index contributed by atoms with van der Waals surface area (Å²) in [4.78, 5) is 8.73. The Balaban J connectivity index is 2.13. The van der Waals surface area contributed by atoms with Gasteiger partial charge in [0.05, 0.1) is 6.20 Å². The average molecular weight is 341 g/mol. The minimum absolute atomic E-state index is 0.140. The van der Waals surface area contributed by atoms with Crippen molar-refractivity contribution in [2.45, 2.75) is 45.3 Å². The second-order valence-corrected chi connectivity index (χ2v) is 5.92. The molecule has 2 rings (SSSR count). The minimum atomic E-state index is 0.140. The Kier molecular flexibility index (Phi) is 7.92.